The third kappa shape index (κ3) is 3.96. The van der Waals surface area contributed by atoms with Gasteiger partial charge >= 0.3 is 5.97 Å². The second-order valence-electron chi connectivity index (χ2n) is 3.96. The maximum Gasteiger partial charge on any atom is 0.307 e. The van der Waals surface area contributed by atoms with Gasteiger partial charge in [-0.3, -0.25) is 4.79 Å². The second kappa shape index (κ2) is 6.31. The van der Waals surface area contributed by atoms with Gasteiger partial charge in [0.25, 0.3) is 0 Å². The van der Waals surface area contributed by atoms with E-state index >= 15 is 0 Å². The fraction of sp³-hybridized carbons (Fsp3) is 0.214. The van der Waals surface area contributed by atoms with Crippen LogP contribution in [0.1, 0.15) is 16.9 Å². The zero-order valence-electron chi connectivity index (χ0n) is 9.83. The van der Waals surface area contributed by atoms with E-state index in [-0.39, 0.29) is 6.42 Å². The molecule has 0 saturated carbocycles. The zero-order valence-corrected chi connectivity index (χ0v) is 10.7. The van der Waals surface area contributed by atoms with Gasteiger partial charge in [-0.05, 0) is 23.3 Å². The van der Waals surface area contributed by atoms with Gasteiger partial charge < -0.3 is 9.52 Å². The lowest BCUT2D eigenvalue weighted by Crippen LogP contribution is -1.99. The van der Waals surface area contributed by atoms with Crippen LogP contribution >= 0.6 is 11.8 Å². The van der Waals surface area contributed by atoms with Crippen LogP contribution < -0.4 is 0 Å². The van der Waals surface area contributed by atoms with Gasteiger partial charge in [-0.1, -0.05) is 24.3 Å². The Morgan fingerprint density at radius 1 is 1.11 bits per heavy atom. The molecule has 0 aliphatic carbocycles. The first-order valence-electron chi connectivity index (χ1n) is 5.64. The summed E-state index contributed by atoms with van der Waals surface area (Å²) in [5, 5.41) is 8.67. The zero-order chi connectivity index (χ0) is 12.8. The summed E-state index contributed by atoms with van der Waals surface area (Å²) in [5.74, 6) is 1.93. The van der Waals surface area contributed by atoms with Crippen molar-refractivity contribution < 1.29 is 14.3 Å². The number of carboxylic acids is 1. The summed E-state index contributed by atoms with van der Waals surface area (Å²) in [5.41, 5.74) is 2.03. The number of carbonyl (C=O) groups is 1. The van der Waals surface area contributed by atoms with Crippen LogP contribution in [0.2, 0.25) is 0 Å². The van der Waals surface area contributed by atoms with Crippen LogP contribution in [0.5, 0.6) is 0 Å². The van der Waals surface area contributed by atoms with Crippen molar-refractivity contribution in [3.63, 3.8) is 0 Å². The third-order valence-corrected chi connectivity index (χ3v) is 3.50. The Hall–Kier alpha value is -1.68. The summed E-state index contributed by atoms with van der Waals surface area (Å²) in [6.45, 7) is 0. The largest absolute Gasteiger partial charge is 0.481 e. The highest BCUT2D eigenvalue weighted by Crippen LogP contribution is 2.18. The molecule has 1 heterocycles. The van der Waals surface area contributed by atoms with E-state index in [1.807, 2.05) is 36.4 Å². The van der Waals surface area contributed by atoms with Crippen molar-refractivity contribution in [3.05, 3.63) is 59.5 Å². The fourth-order valence-corrected chi connectivity index (χ4v) is 2.49. The molecule has 2 rings (SSSR count). The maximum absolute atomic E-state index is 10.5. The molecule has 0 bridgehead atoms. The molecule has 4 heteroatoms. The van der Waals surface area contributed by atoms with Crippen LogP contribution in [0.3, 0.4) is 0 Å². The first kappa shape index (κ1) is 12.8. The Morgan fingerprint density at radius 2 is 1.83 bits per heavy atom. The number of hydrogen-bond donors (Lipinski definition) is 1. The minimum Gasteiger partial charge on any atom is -0.481 e. The molecule has 0 saturated heterocycles. The monoisotopic (exact) mass is 262 g/mol. The Bertz CT molecular complexity index is 488. The molecule has 1 aromatic carbocycles. The van der Waals surface area contributed by atoms with Crippen molar-refractivity contribution in [3.8, 4) is 0 Å². The molecule has 3 nitrogen and oxygen atoms in total. The average Bonchev–Trinajstić information content (AvgIpc) is 2.84. The highest BCUT2D eigenvalue weighted by Gasteiger charge is 2.01. The van der Waals surface area contributed by atoms with Gasteiger partial charge in [0, 0.05) is 5.75 Å². The van der Waals surface area contributed by atoms with Gasteiger partial charge in [0.2, 0.25) is 0 Å². The van der Waals surface area contributed by atoms with Crippen molar-refractivity contribution >= 4 is 17.7 Å². The van der Waals surface area contributed by atoms with Gasteiger partial charge in [-0.15, -0.1) is 11.8 Å². The lowest BCUT2D eigenvalue weighted by Gasteiger charge is -2.02. The Balaban J connectivity index is 1.81. The van der Waals surface area contributed by atoms with Crippen molar-refractivity contribution in [2.24, 2.45) is 0 Å². The topological polar surface area (TPSA) is 50.4 Å². The molecule has 0 amide bonds. The van der Waals surface area contributed by atoms with E-state index in [1.54, 1.807) is 18.0 Å². The van der Waals surface area contributed by atoms with E-state index in [0.717, 1.165) is 22.8 Å². The van der Waals surface area contributed by atoms with Crippen LogP contribution in [0.25, 0.3) is 0 Å². The molecule has 94 valence electrons. The molecule has 1 aromatic heterocycles. The highest BCUT2D eigenvalue weighted by atomic mass is 32.2. The molecule has 0 radical (unpaired) electrons. The van der Waals surface area contributed by atoms with Crippen LogP contribution in [0, 0.1) is 0 Å². The number of carboxylic acid groups (broad SMARTS) is 1. The Kier molecular flexibility index (Phi) is 4.47. The van der Waals surface area contributed by atoms with E-state index in [0.29, 0.717) is 0 Å². The van der Waals surface area contributed by atoms with Crippen LogP contribution in [-0.2, 0) is 22.7 Å². The van der Waals surface area contributed by atoms with Crippen molar-refractivity contribution in [2.45, 2.75) is 17.9 Å². The van der Waals surface area contributed by atoms with E-state index in [4.69, 9.17) is 9.52 Å². The summed E-state index contributed by atoms with van der Waals surface area (Å²) in [7, 11) is 0. The van der Waals surface area contributed by atoms with E-state index in [9.17, 15) is 4.79 Å². The molecule has 0 spiro atoms. The van der Waals surface area contributed by atoms with Crippen molar-refractivity contribution in [1.82, 2.24) is 0 Å². The van der Waals surface area contributed by atoms with Gasteiger partial charge in [-0.25, -0.2) is 0 Å². The summed E-state index contributed by atoms with van der Waals surface area (Å²) < 4.78 is 5.25. The molecular formula is C14H14O3S. The minimum atomic E-state index is -0.796. The molecular weight excluding hydrogens is 248 g/mol. The molecule has 18 heavy (non-hydrogen) atoms. The van der Waals surface area contributed by atoms with Gasteiger partial charge in [-0.2, -0.15) is 0 Å². The second-order valence-corrected chi connectivity index (χ2v) is 4.94. The molecule has 0 atom stereocenters. The SMILES string of the molecule is O=C(O)Cc1ccc(CSCc2ccco2)cc1. The predicted molar refractivity (Wildman–Crippen MR) is 71.5 cm³/mol. The minimum absolute atomic E-state index is 0.0832. The molecule has 0 aliphatic heterocycles. The summed E-state index contributed by atoms with van der Waals surface area (Å²) in [6.07, 6.45) is 1.76. The normalized spacial score (nSPS) is 10.4. The lowest BCUT2D eigenvalue weighted by molar-refractivity contribution is -0.136. The number of furan rings is 1. The number of hydrogen-bond acceptors (Lipinski definition) is 3. The van der Waals surface area contributed by atoms with Gasteiger partial charge in [0.1, 0.15) is 5.76 Å². The van der Waals surface area contributed by atoms with E-state index < -0.39 is 5.97 Å². The first-order valence-corrected chi connectivity index (χ1v) is 6.79. The molecule has 0 aliphatic rings. The lowest BCUT2D eigenvalue weighted by atomic mass is 10.1. The predicted octanol–water partition coefficient (Wildman–Crippen LogP) is 3.34. The Labute approximate surface area is 110 Å². The molecule has 1 N–H and O–H groups in total. The molecule has 0 fully saturated rings. The number of benzene rings is 1. The third-order valence-electron chi connectivity index (χ3n) is 2.47. The summed E-state index contributed by atoms with van der Waals surface area (Å²) in [6, 6.07) is 11.5. The standard InChI is InChI=1S/C14H14O3S/c15-14(16)8-11-3-5-12(6-4-11)9-18-10-13-2-1-7-17-13/h1-7H,8-10H2,(H,15,16). The number of rotatable bonds is 6. The smallest absolute Gasteiger partial charge is 0.307 e. The quantitative estimate of drug-likeness (QED) is 0.867. The molecule has 0 unspecified atom stereocenters. The van der Waals surface area contributed by atoms with Gasteiger partial charge in [0.05, 0.1) is 18.4 Å². The Morgan fingerprint density at radius 3 is 2.44 bits per heavy atom. The fourth-order valence-electron chi connectivity index (χ4n) is 1.59. The highest BCUT2D eigenvalue weighted by molar-refractivity contribution is 7.97. The maximum atomic E-state index is 10.5. The van der Waals surface area contributed by atoms with Crippen LogP contribution in [0.15, 0.2) is 47.1 Å². The number of aliphatic carboxylic acids is 1. The van der Waals surface area contributed by atoms with Crippen molar-refractivity contribution in [1.29, 1.82) is 0 Å². The van der Waals surface area contributed by atoms with Gasteiger partial charge in [0.15, 0.2) is 0 Å². The van der Waals surface area contributed by atoms with E-state index in [1.165, 1.54) is 5.56 Å². The van der Waals surface area contributed by atoms with Crippen LogP contribution in [-0.4, -0.2) is 11.1 Å². The summed E-state index contributed by atoms with van der Waals surface area (Å²) in [4.78, 5) is 10.5. The van der Waals surface area contributed by atoms with Crippen LogP contribution in [0.4, 0.5) is 0 Å². The summed E-state index contributed by atoms with van der Waals surface area (Å²) >= 11 is 1.77. The number of thioether (sulfide) groups is 1. The average molecular weight is 262 g/mol. The van der Waals surface area contributed by atoms with Crippen molar-refractivity contribution in [2.75, 3.05) is 0 Å². The van der Waals surface area contributed by atoms with E-state index in [2.05, 4.69) is 0 Å². The first-order chi connectivity index (χ1) is 8.74. The molecule has 2 aromatic rings.